The average Bonchev–Trinajstić information content (AvgIpc) is 3.09. The third kappa shape index (κ3) is 3.35. The third-order valence-corrected chi connectivity index (χ3v) is 6.87. The Morgan fingerprint density at radius 2 is 2.07 bits per heavy atom. The molecule has 2 aliphatic rings. The second-order valence-corrected chi connectivity index (χ2v) is 13.1. The first-order valence-corrected chi connectivity index (χ1v) is 12.4. The van der Waals surface area contributed by atoms with E-state index >= 15 is 0 Å². The van der Waals surface area contributed by atoms with E-state index in [0.717, 1.165) is 22.6 Å². The standard InChI is InChI=1S/C20H24ClN3O2S/c1-27(2,3)10-9-26-13-24-18-15(5-4-8-22-18)20(19(24)25)11-14-6-7-17(21)23-16(14)12-20/h4-8H,9-13H2,1-3H3. The summed E-state index contributed by atoms with van der Waals surface area (Å²) in [6.45, 7) is 0.889. The maximum absolute atomic E-state index is 13.5. The van der Waals surface area contributed by atoms with E-state index in [4.69, 9.17) is 16.3 Å². The van der Waals surface area contributed by atoms with Crippen LogP contribution < -0.4 is 4.90 Å². The monoisotopic (exact) mass is 405 g/mol. The van der Waals surface area contributed by atoms with Crippen LogP contribution in [0.25, 0.3) is 0 Å². The summed E-state index contributed by atoms with van der Waals surface area (Å²) in [6, 6.07) is 7.67. The van der Waals surface area contributed by atoms with Crippen molar-refractivity contribution >= 4 is 33.4 Å². The average molecular weight is 406 g/mol. The Morgan fingerprint density at radius 1 is 1.26 bits per heavy atom. The van der Waals surface area contributed by atoms with E-state index < -0.39 is 15.4 Å². The van der Waals surface area contributed by atoms with Gasteiger partial charge in [-0.3, -0.25) is 9.69 Å². The van der Waals surface area contributed by atoms with Crippen LogP contribution in [0.2, 0.25) is 5.15 Å². The summed E-state index contributed by atoms with van der Waals surface area (Å²) >= 11 is 6.07. The molecule has 0 saturated heterocycles. The fourth-order valence-electron chi connectivity index (χ4n) is 3.87. The molecule has 0 bridgehead atoms. The van der Waals surface area contributed by atoms with Gasteiger partial charge in [-0.1, -0.05) is 23.7 Å². The van der Waals surface area contributed by atoms with Crippen molar-refractivity contribution in [3.05, 3.63) is 52.4 Å². The Morgan fingerprint density at radius 3 is 2.85 bits per heavy atom. The minimum atomic E-state index is -0.637. The van der Waals surface area contributed by atoms with Crippen molar-refractivity contribution in [2.24, 2.45) is 0 Å². The fourth-order valence-corrected chi connectivity index (χ4v) is 4.66. The number of ether oxygens (including phenoxy) is 1. The summed E-state index contributed by atoms with van der Waals surface area (Å²) in [5, 5.41) is 0.465. The molecule has 3 heterocycles. The number of carbonyl (C=O) groups excluding carboxylic acids is 1. The molecule has 144 valence electrons. The molecule has 2 aromatic rings. The molecular formula is C20H24ClN3O2S. The molecule has 0 N–H and O–H groups in total. The van der Waals surface area contributed by atoms with Crippen LogP contribution in [0.15, 0.2) is 30.5 Å². The van der Waals surface area contributed by atoms with Crippen molar-refractivity contribution in [3.63, 3.8) is 0 Å². The Kier molecular flexibility index (Phi) is 4.69. The van der Waals surface area contributed by atoms with Crippen LogP contribution in [-0.2, 0) is 27.8 Å². The van der Waals surface area contributed by atoms with Gasteiger partial charge in [-0.25, -0.2) is 20.0 Å². The summed E-state index contributed by atoms with van der Waals surface area (Å²) in [7, 11) is -0.621. The van der Waals surface area contributed by atoms with Gasteiger partial charge in [0.2, 0.25) is 5.91 Å². The zero-order chi connectivity index (χ0) is 19.2. The third-order valence-electron chi connectivity index (χ3n) is 5.27. The minimum Gasteiger partial charge on any atom is -0.360 e. The molecule has 7 heteroatoms. The lowest BCUT2D eigenvalue weighted by Gasteiger charge is -2.26. The van der Waals surface area contributed by atoms with Gasteiger partial charge in [0.1, 0.15) is 17.7 Å². The van der Waals surface area contributed by atoms with Crippen LogP contribution in [-0.4, -0.2) is 53.7 Å². The van der Waals surface area contributed by atoms with Gasteiger partial charge in [0.15, 0.2) is 0 Å². The highest BCUT2D eigenvalue weighted by atomic mass is 35.5. The van der Waals surface area contributed by atoms with E-state index in [1.165, 1.54) is 0 Å². The molecule has 1 atom stereocenters. The number of rotatable bonds is 5. The summed E-state index contributed by atoms with van der Waals surface area (Å²) in [6.07, 6.45) is 9.70. The Labute approximate surface area is 166 Å². The number of hydrogen-bond donors (Lipinski definition) is 0. The van der Waals surface area contributed by atoms with E-state index in [1.807, 2.05) is 18.2 Å². The second-order valence-electron chi connectivity index (χ2n) is 8.12. The highest BCUT2D eigenvalue weighted by Crippen LogP contribution is 2.48. The summed E-state index contributed by atoms with van der Waals surface area (Å²) in [5.41, 5.74) is 2.32. The minimum absolute atomic E-state index is 0.0495. The molecule has 27 heavy (non-hydrogen) atoms. The fraction of sp³-hybridized carbons (Fsp3) is 0.450. The van der Waals surface area contributed by atoms with Crippen molar-refractivity contribution in [2.45, 2.75) is 18.3 Å². The Balaban J connectivity index is 1.60. The Bertz CT molecular complexity index is 899. The van der Waals surface area contributed by atoms with Gasteiger partial charge < -0.3 is 4.74 Å². The van der Waals surface area contributed by atoms with Crippen LogP contribution in [0.5, 0.6) is 0 Å². The molecule has 1 amide bonds. The lowest BCUT2D eigenvalue weighted by molar-refractivity contribution is -0.124. The van der Waals surface area contributed by atoms with E-state index in [2.05, 4.69) is 28.7 Å². The number of hydrogen-bond acceptors (Lipinski definition) is 4. The number of pyridine rings is 2. The predicted octanol–water partition coefficient (Wildman–Crippen LogP) is 3.18. The van der Waals surface area contributed by atoms with E-state index in [1.54, 1.807) is 17.2 Å². The van der Waals surface area contributed by atoms with E-state index in [9.17, 15) is 4.79 Å². The van der Waals surface area contributed by atoms with Gasteiger partial charge in [-0.05, 0) is 42.9 Å². The van der Waals surface area contributed by atoms with Crippen LogP contribution in [0.4, 0.5) is 5.82 Å². The number of fused-ring (bicyclic) bond motifs is 3. The lowest BCUT2D eigenvalue weighted by atomic mass is 9.80. The van der Waals surface area contributed by atoms with Crippen LogP contribution in [0.3, 0.4) is 0 Å². The van der Waals surface area contributed by atoms with Crippen LogP contribution >= 0.6 is 21.6 Å². The highest BCUT2D eigenvalue weighted by molar-refractivity contribution is 8.32. The number of carbonyl (C=O) groups is 1. The smallest absolute Gasteiger partial charge is 0.241 e. The first-order valence-electron chi connectivity index (χ1n) is 8.96. The molecule has 1 spiro atoms. The SMILES string of the molecule is CS(C)(C)CCOCN1C(=O)C2(Cc3ccc(Cl)nc3C2)c2cccnc21. The normalized spacial score (nSPS) is 21.6. The molecule has 1 aliphatic heterocycles. The predicted molar refractivity (Wildman–Crippen MR) is 111 cm³/mol. The van der Waals surface area contributed by atoms with Crippen molar-refractivity contribution in [1.82, 2.24) is 9.97 Å². The number of anilines is 1. The van der Waals surface area contributed by atoms with Crippen molar-refractivity contribution in [3.8, 4) is 0 Å². The van der Waals surface area contributed by atoms with Crippen molar-refractivity contribution < 1.29 is 9.53 Å². The largest absolute Gasteiger partial charge is 0.360 e. The lowest BCUT2D eigenvalue weighted by Crippen LogP contribution is -2.42. The first kappa shape index (κ1) is 18.7. The molecule has 2 aromatic heterocycles. The number of amides is 1. The number of aromatic nitrogens is 2. The van der Waals surface area contributed by atoms with Crippen LogP contribution in [0, 0.1) is 0 Å². The van der Waals surface area contributed by atoms with E-state index in [0.29, 0.717) is 30.4 Å². The maximum Gasteiger partial charge on any atom is 0.241 e. The molecule has 4 rings (SSSR count). The Hall–Kier alpha value is -1.63. The topological polar surface area (TPSA) is 55.3 Å². The molecule has 1 aliphatic carbocycles. The summed E-state index contributed by atoms with van der Waals surface area (Å²) in [4.78, 5) is 24.1. The van der Waals surface area contributed by atoms with Crippen LogP contribution in [0.1, 0.15) is 16.8 Å². The number of nitrogens with zero attached hydrogens (tertiary/aromatic N) is 3. The first-order chi connectivity index (χ1) is 12.8. The molecule has 0 radical (unpaired) electrons. The van der Waals surface area contributed by atoms with Crippen molar-refractivity contribution in [2.75, 3.05) is 42.8 Å². The summed E-state index contributed by atoms with van der Waals surface area (Å²) in [5.74, 6) is 1.78. The molecule has 1 unspecified atom stereocenters. The quantitative estimate of drug-likeness (QED) is 0.566. The molecule has 5 nitrogen and oxygen atoms in total. The zero-order valence-corrected chi connectivity index (χ0v) is 17.4. The van der Waals surface area contributed by atoms with E-state index in [-0.39, 0.29) is 12.6 Å². The van der Waals surface area contributed by atoms with Gasteiger partial charge in [-0.15, -0.1) is 0 Å². The highest BCUT2D eigenvalue weighted by Gasteiger charge is 2.55. The molecule has 0 saturated carbocycles. The maximum atomic E-state index is 13.5. The molecule has 0 fully saturated rings. The molecule has 0 aromatic carbocycles. The zero-order valence-electron chi connectivity index (χ0n) is 15.9. The number of halogens is 1. The van der Waals surface area contributed by atoms with Gasteiger partial charge >= 0.3 is 0 Å². The second kappa shape index (κ2) is 6.76. The van der Waals surface area contributed by atoms with Gasteiger partial charge in [-0.2, -0.15) is 0 Å². The van der Waals surface area contributed by atoms with Gasteiger partial charge in [0, 0.05) is 29.6 Å². The molecular weight excluding hydrogens is 382 g/mol. The van der Waals surface area contributed by atoms with Gasteiger partial charge in [0.25, 0.3) is 0 Å². The van der Waals surface area contributed by atoms with Gasteiger partial charge in [0.05, 0.1) is 12.0 Å². The summed E-state index contributed by atoms with van der Waals surface area (Å²) < 4.78 is 5.87. The van der Waals surface area contributed by atoms with Crippen molar-refractivity contribution in [1.29, 1.82) is 0 Å².